The fourth-order valence-corrected chi connectivity index (χ4v) is 5.01. The van der Waals surface area contributed by atoms with Gasteiger partial charge in [0.05, 0.1) is 12.2 Å². The third kappa shape index (κ3) is 6.42. The first-order valence-corrected chi connectivity index (χ1v) is 11.7. The van der Waals surface area contributed by atoms with E-state index in [2.05, 4.69) is 24.3 Å². The highest BCUT2D eigenvalue weighted by Crippen LogP contribution is 2.26. The molecule has 0 aliphatic carbocycles. The first-order chi connectivity index (χ1) is 13.7. The monoisotopic (exact) mass is 410 g/mol. The smallest absolute Gasteiger partial charge is 0.0880 e. The van der Waals surface area contributed by atoms with Crippen LogP contribution in [0.25, 0.3) is 0 Å². The molecule has 0 amide bonds. The van der Waals surface area contributed by atoms with Gasteiger partial charge in [-0.25, -0.2) is 0 Å². The molecule has 0 heterocycles. The van der Waals surface area contributed by atoms with E-state index in [-0.39, 0.29) is 0 Å². The van der Waals surface area contributed by atoms with Crippen LogP contribution in [0.5, 0.6) is 0 Å². The van der Waals surface area contributed by atoms with E-state index in [0.717, 1.165) is 22.6 Å². The molecule has 0 spiro atoms. The number of rotatable bonds is 10. The normalized spacial score (nSPS) is 13.2. The zero-order valence-electron chi connectivity index (χ0n) is 15.8. The molecule has 146 valence electrons. The summed E-state index contributed by atoms with van der Waals surface area (Å²) in [6.45, 7) is 0. The lowest BCUT2D eigenvalue weighted by atomic mass is 10.1. The minimum atomic E-state index is -0.436. The number of hydrogen-bond acceptors (Lipinski definition) is 4. The van der Waals surface area contributed by atoms with Crippen molar-refractivity contribution in [3.63, 3.8) is 0 Å². The number of aliphatic hydroxyl groups is 2. The van der Waals surface area contributed by atoms with E-state index in [0.29, 0.717) is 11.5 Å². The minimum Gasteiger partial charge on any atom is -0.388 e. The van der Waals surface area contributed by atoms with E-state index < -0.39 is 12.2 Å². The summed E-state index contributed by atoms with van der Waals surface area (Å²) in [7, 11) is 0. The highest BCUT2D eigenvalue weighted by molar-refractivity contribution is 7.98. The quantitative estimate of drug-likeness (QED) is 0.455. The van der Waals surface area contributed by atoms with Gasteiger partial charge in [-0.1, -0.05) is 84.9 Å². The van der Waals surface area contributed by atoms with Crippen molar-refractivity contribution in [3.05, 3.63) is 107 Å². The first-order valence-electron chi connectivity index (χ1n) is 9.42. The molecule has 4 heteroatoms. The van der Waals surface area contributed by atoms with E-state index in [1.165, 1.54) is 11.1 Å². The molecule has 2 N–H and O–H groups in total. The van der Waals surface area contributed by atoms with Gasteiger partial charge in [-0.05, 0) is 22.3 Å². The van der Waals surface area contributed by atoms with E-state index in [1.54, 1.807) is 23.5 Å². The average molecular weight is 411 g/mol. The summed E-state index contributed by atoms with van der Waals surface area (Å²) in [6, 6.07) is 28.1. The molecule has 3 rings (SSSR count). The van der Waals surface area contributed by atoms with E-state index in [4.69, 9.17) is 0 Å². The molecule has 0 saturated heterocycles. The minimum absolute atomic E-state index is 0.436. The van der Waals surface area contributed by atoms with Crippen LogP contribution in [-0.2, 0) is 11.5 Å². The average Bonchev–Trinajstić information content (AvgIpc) is 2.76. The Morgan fingerprint density at radius 2 is 0.893 bits per heavy atom. The van der Waals surface area contributed by atoms with Crippen molar-refractivity contribution in [1.29, 1.82) is 0 Å². The molecule has 0 bridgehead atoms. The third-order valence-corrected chi connectivity index (χ3v) is 6.69. The van der Waals surface area contributed by atoms with Crippen molar-refractivity contribution in [2.24, 2.45) is 0 Å². The Balaban J connectivity index is 1.47. The molecular weight excluding hydrogens is 384 g/mol. The van der Waals surface area contributed by atoms with Gasteiger partial charge in [0.15, 0.2) is 0 Å². The van der Waals surface area contributed by atoms with Crippen molar-refractivity contribution in [2.45, 2.75) is 23.7 Å². The van der Waals surface area contributed by atoms with Gasteiger partial charge in [-0.2, -0.15) is 23.5 Å². The Bertz CT molecular complexity index is 754. The van der Waals surface area contributed by atoms with Crippen molar-refractivity contribution in [1.82, 2.24) is 0 Å². The molecule has 2 atom stereocenters. The summed E-state index contributed by atoms with van der Waals surface area (Å²) >= 11 is 3.50. The van der Waals surface area contributed by atoms with Crippen molar-refractivity contribution in [2.75, 3.05) is 11.5 Å². The maximum atomic E-state index is 10.3. The molecule has 0 aliphatic heterocycles. The second-order valence-corrected chi connectivity index (χ2v) is 8.71. The molecule has 0 saturated carbocycles. The molecule has 3 aromatic rings. The standard InChI is InChI=1S/C24H26O2S2/c25-23(19-9-3-1-4-10-19)17-27-15-21-13-7-8-14-22(21)16-28-18-24(26)20-11-5-2-6-12-20/h1-14,23-26H,15-18H2/t23-,24-/m1/s1. The van der Waals surface area contributed by atoms with Crippen LogP contribution in [0.2, 0.25) is 0 Å². The van der Waals surface area contributed by atoms with Crippen LogP contribution in [-0.4, -0.2) is 21.7 Å². The van der Waals surface area contributed by atoms with E-state index in [9.17, 15) is 10.2 Å². The molecular formula is C24H26O2S2. The molecule has 0 unspecified atom stereocenters. The van der Waals surface area contributed by atoms with Gasteiger partial charge in [0.1, 0.15) is 0 Å². The van der Waals surface area contributed by atoms with Crippen LogP contribution in [0.1, 0.15) is 34.5 Å². The van der Waals surface area contributed by atoms with Gasteiger partial charge in [0.2, 0.25) is 0 Å². The molecule has 3 aromatic carbocycles. The van der Waals surface area contributed by atoms with Crippen LogP contribution < -0.4 is 0 Å². The Labute approximate surface area is 176 Å². The van der Waals surface area contributed by atoms with Gasteiger partial charge in [-0.15, -0.1) is 0 Å². The Morgan fingerprint density at radius 1 is 0.536 bits per heavy atom. The SMILES string of the molecule is O[C@H](CSCc1ccccc1CSC[C@@H](O)c1ccccc1)c1ccccc1. The highest BCUT2D eigenvalue weighted by atomic mass is 32.2. The van der Waals surface area contributed by atoms with Crippen LogP contribution in [0.4, 0.5) is 0 Å². The van der Waals surface area contributed by atoms with Crippen molar-refractivity contribution >= 4 is 23.5 Å². The van der Waals surface area contributed by atoms with E-state index in [1.807, 2.05) is 60.7 Å². The largest absolute Gasteiger partial charge is 0.388 e. The molecule has 0 fully saturated rings. The second-order valence-electron chi connectivity index (χ2n) is 6.65. The molecule has 0 aliphatic rings. The number of thioether (sulfide) groups is 2. The van der Waals surface area contributed by atoms with Gasteiger partial charge >= 0.3 is 0 Å². The number of aliphatic hydroxyl groups excluding tert-OH is 2. The van der Waals surface area contributed by atoms with Crippen LogP contribution in [0.3, 0.4) is 0 Å². The van der Waals surface area contributed by atoms with Crippen molar-refractivity contribution in [3.8, 4) is 0 Å². The predicted octanol–water partition coefficient (Wildman–Crippen LogP) is 5.62. The summed E-state index contributed by atoms with van der Waals surface area (Å²) in [4.78, 5) is 0. The van der Waals surface area contributed by atoms with Gasteiger partial charge in [0, 0.05) is 23.0 Å². The molecule has 0 radical (unpaired) electrons. The maximum Gasteiger partial charge on any atom is 0.0880 e. The lowest BCUT2D eigenvalue weighted by molar-refractivity contribution is 0.203. The summed E-state index contributed by atoms with van der Waals surface area (Å²) in [5.74, 6) is 3.11. The van der Waals surface area contributed by atoms with E-state index >= 15 is 0 Å². The summed E-state index contributed by atoms with van der Waals surface area (Å²) in [5.41, 5.74) is 4.53. The fraction of sp³-hybridized carbons (Fsp3) is 0.250. The fourth-order valence-electron chi connectivity index (χ4n) is 2.94. The number of benzene rings is 3. The van der Waals surface area contributed by atoms with Gasteiger partial charge in [0.25, 0.3) is 0 Å². The Kier molecular flexibility index (Phi) is 8.49. The van der Waals surface area contributed by atoms with Crippen LogP contribution in [0, 0.1) is 0 Å². The lowest BCUT2D eigenvalue weighted by Gasteiger charge is -2.14. The molecule has 2 nitrogen and oxygen atoms in total. The maximum absolute atomic E-state index is 10.3. The second kappa shape index (κ2) is 11.3. The first kappa shape index (κ1) is 21.0. The zero-order valence-corrected chi connectivity index (χ0v) is 17.4. The van der Waals surface area contributed by atoms with Gasteiger partial charge < -0.3 is 10.2 Å². The summed E-state index contributed by atoms with van der Waals surface area (Å²) in [6.07, 6.45) is -0.873. The Morgan fingerprint density at radius 3 is 1.29 bits per heavy atom. The predicted molar refractivity (Wildman–Crippen MR) is 122 cm³/mol. The zero-order chi connectivity index (χ0) is 19.6. The van der Waals surface area contributed by atoms with Crippen LogP contribution >= 0.6 is 23.5 Å². The summed E-state index contributed by atoms with van der Waals surface area (Å²) in [5, 5.41) is 20.7. The highest BCUT2D eigenvalue weighted by Gasteiger charge is 2.10. The van der Waals surface area contributed by atoms with Crippen LogP contribution in [0.15, 0.2) is 84.9 Å². The Hall–Kier alpha value is -1.72. The third-order valence-electron chi connectivity index (χ3n) is 4.55. The molecule has 28 heavy (non-hydrogen) atoms. The molecule has 0 aromatic heterocycles. The van der Waals surface area contributed by atoms with Gasteiger partial charge in [-0.3, -0.25) is 0 Å². The number of hydrogen-bond donors (Lipinski definition) is 2. The van der Waals surface area contributed by atoms with Crippen molar-refractivity contribution < 1.29 is 10.2 Å². The topological polar surface area (TPSA) is 40.5 Å². The summed E-state index contributed by atoms with van der Waals surface area (Å²) < 4.78 is 0. The lowest BCUT2D eigenvalue weighted by Crippen LogP contribution is -2.02.